The predicted octanol–water partition coefficient (Wildman–Crippen LogP) is 1.61. The number of benzene rings is 1. The van der Waals surface area contributed by atoms with Crippen molar-refractivity contribution >= 4 is 37.5 Å². The van der Waals surface area contributed by atoms with Crippen molar-refractivity contribution in [2.45, 2.75) is 25.3 Å². The first-order valence-electron chi connectivity index (χ1n) is 7.45. The number of aromatic amines is 1. The zero-order chi connectivity index (χ0) is 19.1. The van der Waals surface area contributed by atoms with Crippen molar-refractivity contribution in [1.29, 1.82) is 0 Å². The summed E-state index contributed by atoms with van der Waals surface area (Å²) in [6.07, 6.45) is 0. The van der Waals surface area contributed by atoms with Crippen molar-refractivity contribution in [3.8, 4) is 0 Å². The molecule has 0 saturated heterocycles. The van der Waals surface area contributed by atoms with Crippen LogP contribution in [0.15, 0.2) is 34.0 Å². The number of carbonyl (C=O) groups excluding carboxylic acids is 1. The lowest BCUT2D eigenvalue weighted by Crippen LogP contribution is -2.15. The second kappa shape index (κ2) is 6.63. The Morgan fingerprint density at radius 1 is 1.27 bits per heavy atom. The Bertz CT molecular complexity index is 1160. The van der Waals surface area contributed by atoms with Crippen molar-refractivity contribution in [2.75, 3.05) is 0 Å². The minimum absolute atomic E-state index is 0.103. The first-order valence-corrected chi connectivity index (χ1v) is 9.82. The maximum atomic E-state index is 12.2. The third kappa shape index (κ3) is 3.52. The zero-order valence-electron chi connectivity index (χ0n) is 13.9. The lowest BCUT2D eigenvalue weighted by molar-refractivity contribution is 0.0462. The maximum absolute atomic E-state index is 12.2. The van der Waals surface area contributed by atoms with Gasteiger partial charge in [-0.3, -0.25) is 4.79 Å². The van der Waals surface area contributed by atoms with Crippen LogP contribution < -0.4 is 10.7 Å². The lowest BCUT2D eigenvalue weighted by atomic mass is 10.2. The van der Waals surface area contributed by atoms with Crippen LogP contribution in [0.2, 0.25) is 0 Å². The average Bonchev–Trinajstić information content (AvgIpc) is 2.86. The molecule has 3 aromatic rings. The Hall–Kier alpha value is -2.56. The molecule has 0 bridgehead atoms. The number of fused-ring (bicyclic) bond motifs is 1. The van der Waals surface area contributed by atoms with Crippen LogP contribution in [0, 0.1) is 13.8 Å². The van der Waals surface area contributed by atoms with Gasteiger partial charge in [0.1, 0.15) is 17.3 Å². The monoisotopic (exact) mass is 393 g/mol. The summed E-state index contributed by atoms with van der Waals surface area (Å²) in [4.78, 5) is 32.7. The first kappa shape index (κ1) is 18.2. The van der Waals surface area contributed by atoms with Gasteiger partial charge in [0.05, 0.1) is 15.8 Å². The van der Waals surface area contributed by atoms with Gasteiger partial charge >= 0.3 is 5.97 Å². The minimum atomic E-state index is -3.83. The Morgan fingerprint density at radius 3 is 2.54 bits per heavy atom. The van der Waals surface area contributed by atoms with Gasteiger partial charge in [-0.1, -0.05) is 0 Å². The molecule has 3 rings (SSSR count). The van der Waals surface area contributed by atoms with Gasteiger partial charge in [0.15, 0.2) is 0 Å². The van der Waals surface area contributed by atoms with Crippen molar-refractivity contribution in [3.05, 3.63) is 56.4 Å². The molecule has 0 aliphatic heterocycles. The normalized spacial score (nSPS) is 11.7. The molecule has 0 radical (unpaired) electrons. The molecule has 2 aromatic heterocycles. The number of esters is 1. The van der Waals surface area contributed by atoms with Gasteiger partial charge < -0.3 is 9.72 Å². The molecular weight excluding hydrogens is 378 g/mol. The van der Waals surface area contributed by atoms with Gasteiger partial charge in [0.2, 0.25) is 10.0 Å². The number of ether oxygens (including phenoxy) is 1. The van der Waals surface area contributed by atoms with E-state index in [0.717, 1.165) is 10.4 Å². The molecule has 2 heterocycles. The van der Waals surface area contributed by atoms with E-state index in [0.29, 0.717) is 10.2 Å². The Labute approximate surface area is 152 Å². The summed E-state index contributed by atoms with van der Waals surface area (Å²) >= 11 is 1.40. The summed E-state index contributed by atoms with van der Waals surface area (Å²) in [5.41, 5.74) is 0.765. The summed E-state index contributed by atoms with van der Waals surface area (Å²) in [6.45, 7) is 3.55. The molecule has 0 amide bonds. The average molecular weight is 393 g/mol. The fourth-order valence-corrected chi connectivity index (χ4v) is 3.93. The van der Waals surface area contributed by atoms with Crippen molar-refractivity contribution < 1.29 is 17.9 Å². The predicted molar refractivity (Wildman–Crippen MR) is 96.6 cm³/mol. The number of hydrogen-bond acceptors (Lipinski definition) is 7. The molecule has 0 atom stereocenters. The number of hydrogen-bond donors (Lipinski definition) is 2. The highest BCUT2D eigenvalue weighted by Gasteiger charge is 2.14. The largest absolute Gasteiger partial charge is 0.454 e. The number of nitrogens with two attached hydrogens (primary N) is 1. The number of aryl methyl sites for hydroxylation is 2. The van der Waals surface area contributed by atoms with E-state index in [1.54, 1.807) is 0 Å². The van der Waals surface area contributed by atoms with E-state index in [2.05, 4.69) is 9.97 Å². The van der Waals surface area contributed by atoms with Gasteiger partial charge in [-0.2, -0.15) is 0 Å². The van der Waals surface area contributed by atoms with Gasteiger partial charge in [0, 0.05) is 4.88 Å². The number of aromatic nitrogens is 2. The Morgan fingerprint density at radius 2 is 1.92 bits per heavy atom. The van der Waals surface area contributed by atoms with E-state index in [1.807, 2.05) is 13.8 Å². The molecule has 10 heteroatoms. The van der Waals surface area contributed by atoms with Gasteiger partial charge in [-0.05, 0) is 43.7 Å². The van der Waals surface area contributed by atoms with Crippen LogP contribution in [-0.2, 0) is 21.4 Å². The van der Waals surface area contributed by atoms with Crippen LogP contribution in [0.3, 0.4) is 0 Å². The zero-order valence-corrected chi connectivity index (χ0v) is 15.5. The van der Waals surface area contributed by atoms with E-state index in [9.17, 15) is 18.0 Å². The summed E-state index contributed by atoms with van der Waals surface area (Å²) in [5.74, 6) is -0.439. The minimum Gasteiger partial charge on any atom is -0.454 e. The number of rotatable bonds is 4. The van der Waals surface area contributed by atoms with E-state index >= 15 is 0 Å². The molecular formula is C16H15N3O5S2. The molecule has 3 N–H and O–H groups in total. The Kier molecular flexibility index (Phi) is 4.65. The number of nitrogens with zero attached hydrogens (tertiary/aromatic N) is 1. The summed E-state index contributed by atoms with van der Waals surface area (Å²) in [6, 6.07) is 5.03. The third-order valence-corrected chi connectivity index (χ3v) is 5.88. The number of thiophene rings is 1. The smallest absolute Gasteiger partial charge is 0.338 e. The van der Waals surface area contributed by atoms with Crippen LogP contribution >= 0.6 is 11.3 Å². The fourth-order valence-electron chi connectivity index (χ4n) is 2.37. The van der Waals surface area contributed by atoms with Crippen LogP contribution in [0.25, 0.3) is 10.2 Å². The van der Waals surface area contributed by atoms with E-state index in [4.69, 9.17) is 9.88 Å². The van der Waals surface area contributed by atoms with E-state index in [-0.39, 0.29) is 28.4 Å². The molecule has 26 heavy (non-hydrogen) atoms. The quantitative estimate of drug-likeness (QED) is 0.647. The summed E-state index contributed by atoms with van der Waals surface area (Å²) < 4.78 is 27.6. The standard InChI is InChI=1S/C16H15N3O5S2/c1-8-9(2)25-15-13(8)14(20)18-12(19-15)7-24-16(21)10-3-5-11(6-4-10)26(17,22)23/h3-6H,7H2,1-2H3,(H2,17,22,23)(H,18,19,20). The van der Waals surface area contributed by atoms with Gasteiger partial charge in [-0.15, -0.1) is 11.3 Å². The number of H-pyrrole nitrogens is 1. The highest BCUT2D eigenvalue weighted by atomic mass is 32.2. The lowest BCUT2D eigenvalue weighted by Gasteiger charge is -2.05. The van der Waals surface area contributed by atoms with Gasteiger partial charge in [0.25, 0.3) is 5.56 Å². The molecule has 0 saturated carbocycles. The molecule has 0 aliphatic carbocycles. The van der Waals surface area contributed by atoms with E-state index in [1.165, 1.54) is 35.6 Å². The second-order valence-corrected chi connectivity index (χ2v) is 8.39. The molecule has 0 fully saturated rings. The molecule has 0 unspecified atom stereocenters. The molecule has 1 aromatic carbocycles. The van der Waals surface area contributed by atoms with Crippen LogP contribution in [-0.4, -0.2) is 24.4 Å². The third-order valence-electron chi connectivity index (χ3n) is 3.85. The van der Waals surface area contributed by atoms with Crippen LogP contribution in [0.1, 0.15) is 26.6 Å². The topological polar surface area (TPSA) is 132 Å². The second-order valence-electron chi connectivity index (χ2n) is 5.62. The van der Waals surface area contributed by atoms with Crippen LogP contribution in [0.4, 0.5) is 0 Å². The number of primary sulfonamides is 1. The Balaban J connectivity index is 1.77. The fraction of sp³-hybridized carbons (Fsp3) is 0.188. The van der Waals surface area contributed by atoms with Crippen molar-refractivity contribution in [2.24, 2.45) is 5.14 Å². The van der Waals surface area contributed by atoms with Crippen molar-refractivity contribution in [1.82, 2.24) is 9.97 Å². The molecule has 136 valence electrons. The van der Waals surface area contributed by atoms with Crippen molar-refractivity contribution in [3.63, 3.8) is 0 Å². The molecule has 0 aliphatic rings. The number of sulfonamides is 1. The summed E-state index contributed by atoms with van der Waals surface area (Å²) in [7, 11) is -3.83. The molecule has 8 nitrogen and oxygen atoms in total. The van der Waals surface area contributed by atoms with Gasteiger partial charge in [-0.25, -0.2) is 23.3 Å². The molecule has 0 spiro atoms. The first-order chi connectivity index (χ1) is 12.2. The SMILES string of the molecule is Cc1sc2nc(COC(=O)c3ccc(S(N)(=O)=O)cc3)[nH]c(=O)c2c1C. The maximum Gasteiger partial charge on any atom is 0.338 e. The summed E-state index contributed by atoms with van der Waals surface area (Å²) in [5, 5.41) is 5.55. The highest BCUT2D eigenvalue weighted by molar-refractivity contribution is 7.89. The highest BCUT2D eigenvalue weighted by Crippen LogP contribution is 2.25. The number of nitrogens with one attached hydrogen (secondary N) is 1. The van der Waals surface area contributed by atoms with Crippen LogP contribution in [0.5, 0.6) is 0 Å². The number of carbonyl (C=O) groups is 1. The van der Waals surface area contributed by atoms with E-state index < -0.39 is 16.0 Å².